The van der Waals surface area contributed by atoms with E-state index in [9.17, 15) is 14.7 Å². The second kappa shape index (κ2) is 7.91. The summed E-state index contributed by atoms with van der Waals surface area (Å²) in [6.45, 7) is 4.78. The molecule has 108 valence electrons. The van der Waals surface area contributed by atoms with Crippen LogP contribution >= 0.6 is 0 Å². The van der Waals surface area contributed by atoms with Crippen molar-refractivity contribution in [1.29, 1.82) is 0 Å². The van der Waals surface area contributed by atoms with Crippen molar-refractivity contribution >= 4 is 11.9 Å². The summed E-state index contributed by atoms with van der Waals surface area (Å²) in [6.07, 6.45) is 3.70. The van der Waals surface area contributed by atoms with Gasteiger partial charge in [0.15, 0.2) is 0 Å². The molecule has 1 aliphatic heterocycles. The van der Waals surface area contributed by atoms with Crippen LogP contribution in [0, 0.1) is 0 Å². The average molecular weight is 270 g/mol. The van der Waals surface area contributed by atoms with Gasteiger partial charge in [0.05, 0.1) is 0 Å². The maximum absolute atomic E-state index is 11.4. The highest BCUT2D eigenvalue weighted by Crippen LogP contribution is 2.22. The Morgan fingerprint density at radius 1 is 1.58 bits per heavy atom. The first-order valence-corrected chi connectivity index (χ1v) is 6.55. The van der Waals surface area contributed by atoms with Crippen molar-refractivity contribution < 1.29 is 19.4 Å². The van der Waals surface area contributed by atoms with E-state index in [4.69, 9.17) is 10.5 Å². The van der Waals surface area contributed by atoms with Crippen LogP contribution in [0.4, 0.5) is 0 Å². The van der Waals surface area contributed by atoms with Crippen molar-refractivity contribution in [3.8, 4) is 0 Å². The zero-order chi connectivity index (χ0) is 14.3. The Balaban J connectivity index is 2.51. The topological polar surface area (TPSA) is 92.9 Å². The first-order valence-electron chi connectivity index (χ1n) is 6.55. The van der Waals surface area contributed by atoms with Gasteiger partial charge >= 0.3 is 11.9 Å². The van der Waals surface area contributed by atoms with Crippen LogP contribution in [0.2, 0.25) is 0 Å². The van der Waals surface area contributed by atoms with Crippen LogP contribution in [-0.4, -0.2) is 53.7 Å². The normalized spacial score (nSPS) is 21.0. The standard InChI is InChI=1S/C13H22N2O4/c1-2-8-19-12(16)6-5-11(13(17)18)15-7-3-4-10(15)9-14/h2,10-11H,1,3-9,14H2,(H,17,18)/t10-,11-/m0/s1. The summed E-state index contributed by atoms with van der Waals surface area (Å²) in [5, 5.41) is 9.29. The Bertz CT molecular complexity index is 333. The molecule has 0 amide bonds. The van der Waals surface area contributed by atoms with E-state index in [0.29, 0.717) is 6.54 Å². The maximum Gasteiger partial charge on any atom is 0.320 e. The summed E-state index contributed by atoms with van der Waals surface area (Å²) >= 11 is 0. The van der Waals surface area contributed by atoms with Crippen molar-refractivity contribution in [2.75, 3.05) is 19.7 Å². The van der Waals surface area contributed by atoms with Gasteiger partial charge in [-0.2, -0.15) is 0 Å². The number of ether oxygens (including phenoxy) is 1. The second-order valence-electron chi connectivity index (χ2n) is 4.63. The molecule has 0 saturated carbocycles. The third-order valence-electron chi connectivity index (χ3n) is 3.36. The minimum atomic E-state index is -0.906. The van der Waals surface area contributed by atoms with Gasteiger partial charge in [-0.25, -0.2) is 0 Å². The molecule has 0 aromatic heterocycles. The number of likely N-dealkylation sites (tertiary alicyclic amines) is 1. The van der Waals surface area contributed by atoms with Gasteiger partial charge in [-0.3, -0.25) is 14.5 Å². The lowest BCUT2D eigenvalue weighted by molar-refractivity contribution is -0.146. The number of carboxylic acid groups (broad SMARTS) is 1. The highest BCUT2D eigenvalue weighted by Gasteiger charge is 2.34. The molecule has 0 unspecified atom stereocenters. The van der Waals surface area contributed by atoms with Crippen molar-refractivity contribution in [2.24, 2.45) is 5.73 Å². The van der Waals surface area contributed by atoms with Crippen LogP contribution in [0.1, 0.15) is 25.7 Å². The van der Waals surface area contributed by atoms with Crippen molar-refractivity contribution in [2.45, 2.75) is 37.8 Å². The molecular weight excluding hydrogens is 248 g/mol. The van der Waals surface area contributed by atoms with Crippen LogP contribution in [0.3, 0.4) is 0 Å². The van der Waals surface area contributed by atoms with Crippen molar-refractivity contribution in [3.05, 3.63) is 12.7 Å². The number of carbonyl (C=O) groups is 2. The average Bonchev–Trinajstić information content (AvgIpc) is 2.84. The minimum absolute atomic E-state index is 0.0958. The molecule has 1 fully saturated rings. The summed E-state index contributed by atoms with van der Waals surface area (Å²) in [5.41, 5.74) is 5.65. The smallest absolute Gasteiger partial charge is 0.320 e. The molecule has 0 aromatic rings. The zero-order valence-corrected chi connectivity index (χ0v) is 11.1. The van der Waals surface area contributed by atoms with E-state index >= 15 is 0 Å². The summed E-state index contributed by atoms with van der Waals surface area (Å²) in [4.78, 5) is 24.6. The van der Waals surface area contributed by atoms with Gasteiger partial charge in [-0.15, -0.1) is 0 Å². The fourth-order valence-corrected chi connectivity index (χ4v) is 2.43. The molecule has 3 N–H and O–H groups in total. The summed E-state index contributed by atoms with van der Waals surface area (Å²) in [7, 11) is 0. The summed E-state index contributed by atoms with van der Waals surface area (Å²) in [5.74, 6) is -1.30. The highest BCUT2D eigenvalue weighted by atomic mass is 16.5. The zero-order valence-electron chi connectivity index (χ0n) is 11.1. The van der Waals surface area contributed by atoms with Crippen molar-refractivity contribution in [3.63, 3.8) is 0 Å². The SMILES string of the molecule is C=CCOC(=O)CC[C@@H](C(=O)O)N1CCC[C@H]1CN. The van der Waals surface area contributed by atoms with Gasteiger partial charge in [-0.05, 0) is 25.8 Å². The molecule has 1 rings (SSSR count). The van der Waals surface area contributed by atoms with Crippen LogP contribution in [-0.2, 0) is 14.3 Å². The Kier molecular flexibility index (Phi) is 6.52. The number of nitrogens with two attached hydrogens (primary N) is 1. The lowest BCUT2D eigenvalue weighted by Crippen LogP contribution is -2.47. The highest BCUT2D eigenvalue weighted by molar-refractivity contribution is 5.75. The number of aliphatic carboxylic acids is 1. The van der Waals surface area contributed by atoms with E-state index in [-0.39, 0.29) is 25.5 Å². The van der Waals surface area contributed by atoms with Gasteiger partial charge in [0.1, 0.15) is 12.6 Å². The molecule has 1 heterocycles. The number of carboxylic acids is 1. The molecule has 6 heteroatoms. The number of hydrogen-bond acceptors (Lipinski definition) is 5. The third kappa shape index (κ3) is 4.65. The number of esters is 1. The van der Waals surface area contributed by atoms with E-state index in [1.54, 1.807) is 0 Å². The fraction of sp³-hybridized carbons (Fsp3) is 0.692. The fourth-order valence-electron chi connectivity index (χ4n) is 2.43. The summed E-state index contributed by atoms with van der Waals surface area (Å²) < 4.78 is 4.84. The maximum atomic E-state index is 11.4. The van der Waals surface area contributed by atoms with Gasteiger partial charge in [0.25, 0.3) is 0 Å². The monoisotopic (exact) mass is 270 g/mol. The molecule has 6 nitrogen and oxygen atoms in total. The molecule has 0 spiro atoms. The Hall–Kier alpha value is -1.40. The molecule has 0 aromatic carbocycles. The molecule has 1 aliphatic rings. The molecule has 1 saturated heterocycles. The molecule has 0 radical (unpaired) electrons. The minimum Gasteiger partial charge on any atom is -0.480 e. The van der Waals surface area contributed by atoms with Gasteiger partial charge in [-0.1, -0.05) is 12.7 Å². The predicted octanol–water partition coefficient (Wildman–Crippen LogP) is 0.372. The van der Waals surface area contributed by atoms with Gasteiger partial charge in [0.2, 0.25) is 0 Å². The van der Waals surface area contributed by atoms with Crippen LogP contribution < -0.4 is 5.73 Å². The van der Waals surface area contributed by atoms with Crippen molar-refractivity contribution in [1.82, 2.24) is 4.90 Å². The molecular formula is C13H22N2O4. The molecule has 2 atom stereocenters. The Morgan fingerprint density at radius 2 is 2.32 bits per heavy atom. The lowest BCUT2D eigenvalue weighted by Gasteiger charge is -2.29. The van der Waals surface area contributed by atoms with E-state index in [1.165, 1.54) is 6.08 Å². The van der Waals surface area contributed by atoms with Gasteiger partial charge < -0.3 is 15.6 Å². The molecule has 0 bridgehead atoms. The van der Waals surface area contributed by atoms with Crippen LogP contribution in [0.15, 0.2) is 12.7 Å². The number of nitrogens with zero attached hydrogens (tertiary/aromatic N) is 1. The lowest BCUT2D eigenvalue weighted by atomic mass is 10.1. The van der Waals surface area contributed by atoms with Crippen LogP contribution in [0.25, 0.3) is 0 Å². The van der Waals surface area contributed by atoms with Gasteiger partial charge in [0, 0.05) is 19.0 Å². The number of carbonyl (C=O) groups excluding carboxylic acids is 1. The number of hydrogen-bond donors (Lipinski definition) is 2. The Morgan fingerprint density at radius 3 is 2.89 bits per heavy atom. The quantitative estimate of drug-likeness (QED) is 0.489. The van der Waals surface area contributed by atoms with E-state index in [1.807, 2.05) is 4.90 Å². The van der Waals surface area contributed by atoms with E-state index in [2.05, 4.69) is 6.58 Å². The largest absolute Gasteiger partial charge is 0.480 e. The molecule has 19 heavy (non-hydrogen) atoms. The summed E-state index contributed by atoms with van der Waals surface area (Å²) in [6, 6.07) is -0.558. The second-order valence-corrected chi connectivity index (χ2v) is 4.63. The van der Waals surface area contributed by atoms with Crippen LogP contribution in [0.5, 0.6) is 0 Å². The molecule has 0 aliphatic carbocycles. The van der Waals surface area contributed by atoms with E-state index in [0.717, 1.165) is 19.4 Å². The first kappa shape index (κ1) is 15.7. The predicted molar refractivity (Wildman–Crippen MR) is 70.6 cm³/mol. The first-order chi connectivity index (χ1) is 9.10. The van der Waals surface area contributed by atoms with E-state index < -0.39 is 18.0 Å². The third-order valence-corrected chi connectivity index (χ3v) is 3.36. The Labute approximate surface area is 113 Å². The number of rotatable bonds is 8.